The van der Waals surface area contributed by atoms with Gasteiger partial charge in [-0.3, -0.25) is 9.59 Å². The molecule has 0 radical (unpaired) electrons. The molecule has 180 valence electrons. The molecule has 0 aliphatic carbocycles. The largest absolute Gasteiger partial charge is 0.494 e. The van der Waals surface area contributed by atoms with Crippen molar-refractivity contribution in [2.75, 3.05) is 43.6 Å². The molecule has 5 rings (SSSR count). The molecular weight excluding hydrogens is 450 g/mol. The van der Waals surface area contributed by atoms with E-state index >= 15 is 0 Å². The number of carbonyl (C=O) groups excluding carboxylic acids is 1. The molecule has 2 aromatic carbocycles. The van der Waals surface area contributed by atoms with Gasteiger partial charge in [-0.25, -0.2) is 0 Å². The number of carbonyl (C=O) groups is 1. The van der Waals surface area contributed by atoms with E-state index in [-0.39, 0.29) is 11.5 Å². The highest BCUT2D eigenvalue weighted by molar-refractivity contribution is 6.10. The van der Waals surface area contributed by atoms with E-state index < -0.39 is 0 Å². The van der Waals surface area contributed by atoms with Crippen molar-refractivity contribution in [2.45, 2.75) is 13.8 Å². The van der Waals surface area contributed by atoms with Crippen molar-refractivity contribution in [2.24, 2.45) is 0 Å². The van der Waals surface area contributed by atoms with Gasteiger partial charge in [0.25, 0.3) is 5.91 Å². The topological polar surface area (TPSA) is 123 Å². The van der Waals surface area contributed by atoms with Crippen molar-refractivity contribution in [3.05, 3.63) is 63.8 Å². The minimum Gasteiger partial charge on any atom is -0.494 e. The maximum absolute atomic E-state index is 13.7. The van der Waals surface area contributed by atoms with Gasteiger partial charge in [0.15, 0.2) is 0 Å². The van der Waals surface area contributed by atoms with E-state index in [9.17, 15) is 9.59 Å². The molecule has 0 bridgehead atoms. The number of hydrogen-bond donors (Lipinski definition) is 2. The lowest BCUT2D eigenvalue weighted by Crippen LogP contribution is -2.37. The fraction of sp³-hybridized carbons (Fsp3) is 0.280. The zero-order chi connectivity index (χ0) is 24.5. The molecular formula is C25H25N5O5. The molecule has 0 saturated carbocycles. The Bertz CT molecular complexity index is 1470. The third-order valence-electron chi connectivity index (χ3n) is 5.98. The van der Waals surface area contributed by atoms with Crippen molar-refractivity contribution in [3.8, 4) is 17.2 Å². The number of aromatic nitrogens is 3. The van der Waals surface area contributed by atoms with E-state index in [0.717, 1.165) is 16.6 Å². The van der Waals surface area contributed by atoms with E-state index in [1.54, 1.807) is 25.1 Å². The predicted octanol–water partition coefficient (Wildman–Crippen LogP) is 3.29. The van der Waals surface area contributed by atoms with Crippen LogP contribution in [0, 0.1) is 13.8 Å². The quantitative estimate of drug-likeness (QED) is 0.451. The summed E-state index contributed by atoms with van der Waals surface area (Å²) in [7, 11) is 1.52. The van der Waals surface area contributed by atoms with Gasteiger partial charge >= 0.3 is 0 Å². The first-order valence-corrected chi connectivity index (χ1v) is 11.2. The second-order valence-electron chi connectivity index (χ2n) is 8.33. The molecule has 0 atom stereocenters. The van der Waals surface area contributed by atoms with Crippen LogP contribution in [0.2, 0.25) is 0 Å². The number of methoxy groups -OCH3 is 1. The van der Waals surface area contributed by atoms with Crippen LogP contribution in [0.4, 0.5) is 11.4 Å². The molecule has 1 aliphatic heterocycles. The summed E-state index contributed by atoms with van der Waals surface area (Å²) in [6.07, 6.45) is 0. The number of nitrogens with zero attached hydrogens (tertiary/aromatic N) is 3. The number of benzene rings is 2. The summed E-state index contributed by atoms with van der Waals surface area (Å²) >= 11 is 0. The molecule has 1 aliphatic rings. The maximum Gasteiger partial charge on any atom is 0.257 e. The van der Waals surface area contributed by atoms with Gasteiger partial charge in [-0.2, -0.15) is 0 Å². The van der Waals surface area contributed by atoms with Gasteiger partial charge in [-0.05, 0) is 36.8 Å². The molecule has 2 N–H and O–H groups in total. The SMILES string of the molecule is COc1cc2[nH]c(=O)cc(C)c2cc1NC(=O)c1cc(-c2nnc(C)o2)ccc1N1CCOCC1. The number of fused-ring (bicyclic) bond motifs is 1. The first-order chi connectivity index (χ1) is 16.9. The normalized spacial score (nSPS) is 13.7. The summed E-state index contributed by atoms with van der Waals surface area (Å²) in [5.41, 5.74) is 3.61. The number of pyridine rings is 1. The molecule has 2 aromatic heterocycles. The smallest absolute Gasteiger partial charge is 0.257 e. The van der Waals surface area contributed by atoms with Gasteiger partial charge in [0.05, 0.1) is 37.1 Å². The fourth-order valence-corrected chi connectivity index (χ4v) is 4.25. The zero-order valence-electron chi connectivity index (χ0n) is 19.7. The van der Waals surface area contributed by atoms with Crippen LogP contribution in [-0.2, 0) is 4.74 Å². The number of nitrogens with one attached hydrogen (secondary N) is 2. The van der Waals surface area contributed by atoms with Crippen LogP contribution in [0.1, 0.15) is 21.8 Å². The van der Waals surface area contributed by atoms with Gasteiger partial charge in [0.1, 0.15) is 5.75 Å². The van der Waals surface area contributed by atoms with Crippen LogP contribution in [-0.4, -0.2) is 54.5 Å². The minimum atomic E-state index is -0.315. The lowest BCUT2D eigenvalue weighted by atomic mass is 10.0. The minimum absolute atomic E-state index is 0.197. The molecule has 1 saturated heterocycles. The van der Waals surface area contributed by atoms with Gasteiger partial charge in [0.2, 0.25) is 17.3 Å². The van der Waals surface area contributed by atoms with Gasteiger partial charge in [-0.1, -0.05) is 0 Å². The second-order valence-corrected chi connectivity index (χ2v) is 8.33. The number of H-pyrrole nitrogens is 1. The summed E-state index contributed by atoms with van der Waals surface area (Å²) < 4.78 is 16.6. The Kier molecular flexibility index (Phi) is 5.96. The van der Waals surface area contributed by atoms with E-state index in [1.807, 2.05) is 19.1 Å². The number of hydrogen-bond acceptors (Lipinski definition) is 8. The van der Waals surface area contributed by atoms with Crippen LogP contribution >= 0.6 is 0 Å². The third-order valence-corrected chi connectivity index (χ3v) is 5.98. The number of aryl methyl sites for hydroxylation is 2. The van der Waals surface area contributed by atoms with Crippen molar-refractivity contribution in [3.63, 3.8) is 0 Å². The van der Waals surface area contributed by atoms with Crippen LogP contribution in [0.3, 0.4) is 0 Å². The monoisotopic (exact) mass is 475 g/mol. The van der Waals surface area contributed by atoms with Gasteiger partial charge < -0.3 is 29.1 Å². The summed E-state index contributed by atoms with van der Waals surface area (Å²) in [5, 5.41) is 11.8. The third kappa shape index (κ3) is 4.47. The number of rotatable bonds is 5. The number of ether oxygens (including phenoxy) is 2. The Morgan fingerprint density at radius 3 is 2.63 bits per heavy atom. The average Bonchev–Trinajstić information content (AvgIpc) is 3.30. The van der Waals surface area contributed by atoms with E-state index in [2.05, 4.69) is 25.4 Å². The van der Waals surface area contributed by atoms with Crippen LogP contribution in [0.25, 0.3) is 22.4 Å². The highest BCUT2D eigenvalue weighted by Crippen LogP contribution is 2.33. The molecule has 0 unspecified atom stereocenters. The van der Waals surface area contributed by atoms with Crippen molar-refractivity contribution < 1.29 is 18.7 Å². The molecule has 1 fully saturated rings. The van der Waals surface area contributed by atoms with Crippen LogP contribution in [0.5, 0.6) is 5.75 Å². The fourth-order valence-electron chi connectivity index (χ4n) is 4.25. The van der Waals surface area contributed by atoms with Crippen molar-refractivity contribution in [1.29, 1.82) is 0 Å². The highest BCUT2D eigenvalue weighted by Gasteiger charge is 2.22. The van der Waals surface area contributed by atoms with Gasteiger partial charge in [-0.15, -0.1) is 10.2 Å². The lowest BCUT2D eigenvalue weighted by Gasteiger charge is -2.30. The maximum atomic E-state index is 13.7. The zero-order valence-corrected chi connectivity index (χ0v) is 19.7. The molecule has 0 spiro atoms. The van der Waals surface area contributed by atoms with Crippen LogP contribution < -0.4 is 20.5 Å². The number of morpholine rings is 1. The molecule has 4 aromatic rings. The Balaban J connectivity index is 1.57. The summed E-state index contributed by atoms with van der Waals surface area (Å²) in [4.78, 5) is 30.5. The first kappa shape index (κ1) is 22.6. The number of aromatic amines is 1. The molecule has 10 heteroatoms. The van der Waals surface area contributed by atoms with Crippen molar-refractivity contribution >= 4 is 28.2 Å². The number of anilines is 2. The molecule has 3 heterocycles. The Labute approximate surface area is 200 Å². The predicted molar refractivity (Wildman–Crippen MR) is 131 cm³/mol. The van der Waals surface area contributed by atoms with E-state index in [0.29, 0.717) is 66.2 Å². The molecule has 1 amide bonds. The summed E-state index contributed by atoms with van der Waals surface area (Å²) in [6, 6.07) is 10.5. The van der Waals surface area contributed by atoms with Crippen molar-refractivity contribution in [1.82, 2.24) is 15.2 Å². The van der Waals surface area contributed by atoms with E-state index in [4.69, 9.17) is 13.9 Å². The average molecular weight is 476 g/mol. The Morgan fingerprint density at radius 2 is 1.91 bits per heavy atom. The van der Waals surface area contributed by atoms with E-state index in [1.165, 1.54) is 13.2 Å². The standard InChI is InChI=1S/C25H25N5O5/c1-14-10-23(31)26-19-13-22(33-3)20(12-17(14)19)27-24(32)18-11-16(25-29-28-15(2)35-25)4-5-21(18)30-6-8-34-9-7-30/h4-5,10-13H,6-9H2,1-3H3,(H,26,31)(H,27,32). The van der Waals surface area contributed by atoms with Crippen LogP contribution in [0.15, 0.2) is 45.6 Å². The first-order valence-electron chi connectivity index (χ1n) is 11.2. The molecule has 35 heavy (non-hydrogen) atoms. The molecule has 10 nitrogen and oxygen atoms in total. The Hall–Kier alpha value is -4.18. The van der Waals surface area contributed by atoms with Gasteiger partial charge in [0, 0.05) is 48.8 Å². The second kappa shape index (κ2) is 9.22. The lowest BCUT2D eigenvalue weighted by molar-refractivity contribution is 0.102. The summed E-state index contributed by atoms with van der Waals surface area (Å²) in [6.45, 7) is 6.08. The Morgan fingerprint density at radius 1 is 1.11 bits per heavy atom. The highest BCUT2D eigenvalue weighted by atomic mass is 16.5. The summed E-state index contributed by atoms with van der Waals surface area (Å²) in [5.74, 6) is 0.901. The number of amides is 1.